The topological polar surface area (TPSA) is 59.2 Å². The van der Waals surface area contributed by atoms with Crippen molar-refractivity contribution in [3.05, 3.63) is 0 Å². The number of hydrogen-bond acceptors (Lipinski definition) is 4. The molecule has 50 valence electrons. The first kappa shape index (κ1) is 6.31. The summed E-state index contributed by atoms with van der Waals surface area (Å²) in [6.45, 7) is 0. The summed E-state index contributed by atoms with van der Waals surface area (Å²) in [7, 11) is 0. The molecule has 9 heavy (non-hydrogen) atoms. The van der Waals surface area contributed by atoms with Gasteiger partial charge in [-0.1, -0.05) is 0 Å². The van der Waals surface area contributed by atoms with E-state index >= 15 is 0 Å². The summed E-state index contributed by atoms with van der Waals surface area (Å²) in [6.07, 6.45) is -1.75. The Bertz CT molecular complexity index is 151. The number of ketones is 1. The largest absolute Gasteiger partial charge is 0.309 e. The second-order valence-electron chi connectivity index (χ2n) is 1.52. The minimum absolute atomic E-state index is 0.678. The second-order valence-corrected chi connectivity index (χ2v) is 1.52. The lowest BCUT2D eigenvalue weighted by molar-refractivity contribution is -0.134. The van der Waals surface area contributed by atoms with Gasteiger partial charge >= 0.3 is 6.04 Å². The van der Waals surface area contributed by atoms with Gasteiger partial charge in [-0.2, -0.15) is 14.2 Å². The summed E-state index contributed by atoms with van der Waals surface area (Å²) in [6, 6.07) is -1.67. The molecule has 1 rings (SSSR count). The van der Waals surface area contributed by atoms with Crippen molar-refractivity contribution < 1.29 is 23.8 Å². The van der Waals surface area contributed by atoms with Gasteiger partial charge in [-0.15, -0.1) is 0 Å². The Labute approximate surface area is 49.5 Å². The Balaban J connectivity index is 2.26. The van der Waals surface area contributed by atoms with Crippen molar-refractivity contribution in [3.63, 3.8) is 0 Å². The van der Waals surface area contributed by atoms with E-state index in [1.807, 2.05) is 0 Å². The summed E-state index contributed by atoms with van der Waals surface area (Å²) < 4.78 is 11.4. The van der Waals surface area contributed by atoms with Gasteiger partial charge in [-0.3, -0.25) is 9.59 Å². The van der Waals surface area contributed by atoms with E-state index in [0.717, 1.165) is 0 Å². The molecule has 0 aromatic rings. The molecule has 0 aliphatic carbocycles. The summed E-state index contributed by atoms with van der Waals surface area (Å²) in [5, 5.41) is 0. The smallest absolute Gasteiger partial charge is 0.293 e. The van der Waals surface area contributed by atoms with Gasteiger partial charge in [-0.25, -0.2) is 0 Å². The van der Waals surface area contributed by atoms with E-state index in [4.69, 9.17) is 0 Å². The first-order valence-electron chi connectivity index (χ1n) is 2.23. The summed E-state index contributed by atoms with van der Waals surface area (Å²) >= 11 is 0. The summed E-state index contributed by atoms with van der Waals surface area (Å²) in [4.78, 5) is 27.9. The van der Waals surface area contributed by atoms with Gasteiger partial charge < -0.3 is 0 Å². The van der Waals surface area contributed by atoms with Crippen molar-refractivity contribution in [1.29, 1.82) is 0 Å². The zero-order chi connectivity index (χ0) is 6.85. The molecular weight excluding hydrogens is 131 g/mol. The highest BCUT2D eigenvalue weighted by Crippen LogP contribution is 2.14. The molecule has 1 aliphatic heterocycles. The first-order chi connectivity index (χ1) is 4.20. The third-order valence-electron chi connectivity index (χ3n) is 0.769. The van der Waals surface area contributed by atoms with Gasteiger partial charge in [0.25, 0.3) is 6.29 Å². The molecule has 0 aromatic heterocycles. The van der Waals surface area contributed by atoms with Crippen LogP contribution in [0.3, 0.4) is 0 Å². The van der Waals surface area contributed by atoms with E-state index in [9.17, 15) is 14.0 Å². The first-order valence-corrected chi connectivity index (χ1v) is 2.23. The average molecular weight is 134 g/mol. The fraction of sp³-hybridized carbons (Fsp3) is 0.500. The van der Waals surface area contributed by atoms with Crippen molar-refractivity contribution in [2.45, 2.75) is 12.7 Å². The fourth-order valence-corrected chi connectivity index (χ4v) is 0.355. The van der Waals surface area contributed by atoms with Crippen LogP contribution >= 0.6 is 0 Å². The Morgan fingerprint density at radius 2 is 2.00 bits per heavy atom. The van der Waals surface area contributed by atoms with Crippen molar-refractivity contribution in [2.75, 3.05) is 0 Å². The third-order valence-corrected chi connectivity index (χ3v) is 0.769. The minimum Gasteiger partial charge on any atom is -0.293 e. The van der Waals surface area contributed by atoms with Gasteiger partial charge in [0.05, 0.1) is 0 Å². The Morgan fingerprint density at radius 1 is 1.44 bits per heavy atom. The fourth-order valence-electron chi connectivity index (χ4n) is 0.355. The predicted octanol–water partition coefficient (Wildman–Crippen LogP) is -0.270. The van der Waals surface area contributed by atoms with Crippen LogP contribution in [-0.2, 0) is 19.4 Å². The highest BCUT2D eigenvalue weighted by Gasteiger charge is 2.35. The number of halogens is 1. The van der Waals surface area contributed by atoms with Crippen LogP contribution in [0.15, 0.2) is 0 Å². The standard InChI is InChI=1S/C4H3FO4/c5-3(7)1-2(6)4-8-9-4/h4H,1H2. The Hall–Kier alpha value is -0.810. The van der Waals surface area contributed by atoms with Crippen molar-refractivity contribution in [2.24, 2.45) is 0 Å². The van der Waals surface area contributed by atoms with E-state index in [2.05, 4.69) is 9.78 Å². The molecule has 1 saturated heterocycles. The molecule has 0 amide bonds. The van der Waals surface area contributed by atoms with Crippen LogP contribution in [-0.4, -0.2) is 18.1 Å². The van der Waals surface area contributed by atoms with E-state index in [0.29, 0.717) is 0 Å². The highest BCUT2D eigenvalue weighted by molar-refractivity contribution is 5.97. The Kier molecular flexibility index (Phi) is 1.54. The van der Waals surface area contributed by atoms with Crippen LogP contribution in [0.2, 0.25) is 0 Å². The molecule has 1 aliphatic rings. The SMILES string of the molecule is O=C(F)CC(=O)C1OO1. The molecule has 0 aromatic carbocycles. The maximum absolute atomic E-state index is 11.4. The lowest BCUT2D eigenvalue weighted by Gasteiger charge is -1.81. The zero-order valence-electron chi connectivity index (χ0n) is 4.30. The monoisotopic (exact) mass is 134 g/mol. The molecule has 0 bridgehead atoms. The molecule has 0 atom stereocenters. The van der Waals surface area contributed by atoms with Gasteiger partial charge in [0.1, 0.15) is 6.42 Å². The number of carbonyl (C=O) groups excluding carboxylic acids is 2. The second kappa shape index (κ2) is 2.20. The van der Waals surface area contributed by atoms with Crippen LogP contribution in [0.4, 0.5) is 4.39 Å². The van der Waals surface area contributed by atoms with Crippen LogP contribution < -0.4 is 0 Å². The summed E-state index contributed by atoms with van der Waals surface area (Å²) in [5.74, 6) is -0.678. The molecule has 5 heteroatoms. The normalized spacial score (nSPS) is 17.4. The van der Waals surface area contributed by atoms with Crippen molar-refractivity contribution >= 4 is 11.8 Å². The molecule has 0 N–H and O–H groups in total. The minimum atomic E-state index is -1.67. The van der Waals surface area contributed by atoms with E-state index in [1.165, 1.54) is 0 Å². The molecular formula is C4H3FO4. The highest BCUT2D eigenvalue weighted by atomic mass is 19.1. The van der Waals surface area contributed by atoms with Gasteiger partial charge in [0.15, 0.2) is 0 Å². The van der Waals surface area contributed by atoms with E-state index in [1.54, 1.807) is 0 Å². The summed E-state index contributed by atoms with van der Waals surface area (Å²) in [5.41, 5.74) is 0. The van der Waals surface area contributed by atoms with Crippen LogP contribution in [0, 0.1) is 0 Å². The molecule has 4 nitrogen and oxygen atoms in total. The number of rotatable bonds is 3. The van der Waals surface area contributed by atoms with E-state index in [-0.39, 0.29) is 0 Å². The maximum atomic E-state index is 11.4. The number of Topliss-reactive ketones (excluding diaryl/α,β-unsaturated/α-hetero) is 1. The molecule has 0 spiro atoms. The van der Waals surface area contributed by atoms with Crippen molar-refractivity contribution in [1.82, 2.24) is 0 Å². The van der Waals surface area contributed by atoms with Gasteiger partial charge in [-0.05, 0) is 0 Å². The molecule has 1 fully saturated rings. The van der Waals surface area contributed by atoms with Crippen LogP contribution in [0.5, 0.6) is 0 Å². The molecule has 1 heterocycles. The van der Waals surface area contributed by atoms with Crippen molar-refractivity contribution in [3.8, 4) is 0 Å². The molecule has 0 radical (unpaired) electrons. The van der Waals surface area contributed by atoms with Gasteiger partial charge in [0, 0.05) is 0 Å². The molecule has 0 unspecified atom stereocenters. The lowest BCUT2D eigenvalue weighted by Crippen LogP contribution is -2.09. The lowest BCUT2D eigenvalue weighted by atomic mass is 10.3. The van der Waals surface area contributed by atoms with Crippen LogP contribution in [0.25, 0.3) is 0 Å². The third kappa shape index (κ3) is 1.87. The predicted molar refractivity (Wildman–Crippen MR) is 21.7 cm³/mol. The quantitative estimate of drug-likeness (QED) is 0.231. The zero-order valence-corrected chi connectivity index (χ0v) is 4.30. The number of carbonyl (C=O) groups is 2. The van der Waals surface area contributed by atoms with E-state index < -0.39 is 24.5 Å². The number of hydrogen-bond donors (Lipinski definition) is 0. The van der Waals surface area contributed by atoms with Crippen LogP contribution in [0.1, 0.15) is 6.42 Å². The van der Waals surface area contributed by atoms with Gasteiger partial charge in [0.2, 0.25) is 5.78 Å². The average Bonchev–Trinajstić information content (AvgIpc) is 2.40. The maximum Gasteiger partial charge on any atom is 0.309 e. The Morgan fingerprint density at radius 3 is 2.33 bits per heavy atom. The molecule has 0 saturated carbocycles.